The predicted molar refractivity (Wildman–Crippen MR) is 122 cm³/mol. The van der Waals surface area contributed by atoms with Crippen molar-refractivity contribution in [2.45, 2.75) is 39.2 Å². The summed E-state index contributed by atoms with van der Waals surface area (Å²) in [6.45, 7) is 4.49. The molecule has 2 aromatic carbocycles. The Bertz CT molecular complexity index is 1250. The molecule has 1 aliphatic rings. The van der Waals surface area contributed by atoms with Gasteiger partial charge in [-0.3, -0.25) is 25.0 Å². The molecule has 0 aliphatic heterocycles. The number of nitrogens with zero attached hydrogens (tertiary/aromatic N) is 2. The van der Waals surface area contributed by atoms with Crippen LogP contribution in [0.2, 0.25) is 0 Å². The normalized spacial score (nSPS) is 12.9. The van der Waals surface area contributed by atoms with Crippen molar-refractivity contribution in [2.75, 3.05) is 14.2 Å². The SMILES string of the molecule is COC(=O)c1cc([N+](=O)[O-])c(F)cc1C.COC(=O)c1cc([N+](=O)[O-])c(OC2(C(C)=O)CC2)cc1C. The number of carbonyl (C=O) groups is 3. The van der Waals surface area contributed by atoms with Gasteiger partial charge in [0.05, 0.1) is 35.2 Å². The van der Waals surface area contributed by atoms with Crippen LogP contribution in [-0.4, -0.2) is 47.4 Å². The van der Waals surface area contributed by atoms with Gasteiger partial charge in [-0.05, 0) is 56.9 Å². The van der Waals surface area contributed by atoms with Gasteiger partial charge in [-0.25, -0.2) is 9.59 Å². The number of methoxy groups -OCH3 is 2. The molecule has 0 bridgehead atoms. The Kier molecular flexibility index (Phi) is 8.41. The number of halogens is 1. The number of rotatable bonds is 7. The Labute approximate surface area is 204 Å². The maximum absolute atomic E-state index is 13.1. The van der Waals surface area contributed by atoms with Crippen LogP contribution in [-0.2, 0) is 14.3 Å². The molecular formula is C23H23FN2O10. The van der Waals surface area contributed by atoms with E-state index in [1.807, 2.05) is 0 Å². The van der Waals surface area contributed by atoms with Crippen LogP contribution in [0.25, 0.3) is 0 Å². The summed E-state index contributed by atoms with van der Waals surface area (Å²) >= 11 is 0. The van der Waals surface area contributed by atoms with Crippen molar-refractivity contribution in [3.63, 3.8) is 0 Å². The minimum atomic E-state index is -0.967. The third-order valence-corrected chi connectivity index (χ3v) is 5.45. The first-order chi connectivity index (χ1) is 16.8. The van der Waals surface area contributed by atoms with Crippen LogP contribution >= 0.6 is 0 Å². The molecule has 0 heterocycles. The molecule has 1 aliphatic carbocycles. The lowest BCUT2D eigenvalue weighted by molar-refractivity contribution is -0.387. The molecule has 13 heteroatoms. The van der Waals surface area contributed by atoms with Crippen molar-refractivity contribution in [2.24, 2.45) is 0 Å². The van der Waals surface area contributed by atoms with Gasteiger partial charge in [-0.2, -0.15) is 4.39 Å². The maximum atomic E-state index is 13.1. The molecule has 0 unspecified atom stereocenters. The molecule has 12 nitrogen and oxygen atoms in total. The molecule has 1 fully saturated rings. The van der Waals surface area contributed by atoms with Gasteiger partial charge in [-0.15, -0.1) is 0 Å². The zero-order valence-electron chi connectivity index (χ0n) is 20.1. The third kappa shape index (κ3) is 5.98. The summed E-state index contributed by atoms with van der Waals surface area (Å²) in [5.41, 5.74) is -1.17. The summed E-state index contributed by atoms with van der Waals surface area (Å²) in [7, 11) is 2.35. The number of esters is 2. The quantitative estimate of drug-likeness (QED) is 0.304. The molecule has 3 rings (SSSR count). The number of nitro benzene ring substituents is 2. The Morgan fingerprint density at radius 1 is 0.861 bits per heavy atom. The van der Waals surface area contributed by atoms with Crippen LogP contribution in [0, 0.1) is 39.9 Å². The highest BCUT2D eigenvalue weighted by molar-refractivity contribution is 5.93. The standard InChI is InChI=1S/C14H15NO6.C9H8FNO4/c1-8-6-12(21-14(4-5-14)9(2)16)11(15(18)19)7-10(8)13(17)20-3;1-5-3-7(10)8(11(13)14)4-6(5)9(12)15-2/h6-7H,4-5H2,1-3H3;3-4H,1-2H3. The summed E-state index contributed by atoms with van der Waals surface area (Å²) in [4.78, 5) is 54.3. The number of Topliss-reactive ketones (excluding diaryl/α,β-unsaturated/α-hetero) is 1. The smallest absolute Gasteiger partial charge is 0.338 e. The van der Waals surface area contributed by atoms with E-state index in [0.717, 1.165) is 25.3 Å². The van der Waals surface area contributed by atoms with Gasteiger partial charge in [0.25, 0.3) is 0 Å². The maximum Gasteiger partial charge on any atom is 0.338 e. The van der Waals surface area contributed by atoms with E-state index in [1.54, 1.807) is 6.92 Å². The highest BCUT2D eigenvalue weighted by Crippen LogP contribution is 2.44. The van der Waals surface area contributed by atoms with E-state index in [1.165, 1.54) is 27.0 Å². The van der Waals surface area contributed by atoms with E-state index >= 15 is 0 Å². The van der Waals surface area contributed by atoms with Gasteiger partial charge in [0, 0.05) is 12.1 Å². The number of hydrogen-bond acceptors (Lipinski definition) is 10. The summed E-state index contributed by atoms with van der Waals surface area (Å²) < 4.78 is 27.6. The zero-order valence-corrected chi connectivity index (χ0v) is 20.1. The van der Waals surface area contributed by atoms with Gasteiger partial charge >= 0.3 is 23.3 Å². The summed E-state index contributed by atoms with van der Waals surface area (Å²) in [5.74, 6) is -2.51. The van der Waals surface area contributed by atoms with Crippen molar-refractivity contribution >= 4 is 29.1 Å². The van der Waals surface area contributed by atoms with Gasteiger partial charge in [0.1, 0.15) is 0 Å². The zero-order chi connectivity index (χ0) is 27.4. The highest BCUT2D eigenvalue weighted by atomic mass is 19.1. The second-order valence-corrected chi connectivity index (χ2v) is 7.90. The minimum absolute atomic E-state index is 0.00199. The second-order valence-electron chi connectivity index (χ2n) is 7.90. The van der Waals surface area contributed by atoms with Crippen LogP contribution in [0.1, 0.15) is 51.6 Å². The van der Waals surface area contributed by atoms with Gasteiger partial charge < -0.3 is 14.2 Å². The lowest BCUT2D eigenvalue weighted by Crippen LogP contribution is -2.27. The predicted octanol–water partition coefficient (Wildman–Crippen LogP) is 4.02. The Morgan fingerprint density at radius 2 is 1.31 bits per heavy atom. The average Bonchev–Trinajstić information content (AvgIpc) is 3.59. The lowest BCUT2D eigenvalue weighted by Gasteiger charge is -2.16. The molecule has 192 valence electrons. The molecule has 0 aromatic heterocycles. The first kappa shape index (κ1) is 27.8. The lowest BCUT2D eigenvalue weighted by atomic mass is 10.1. The molecule has 36 heavy (non-hydrogen) atoms. The van der Waals surface area contributed by atoms with E-state index in [9.17, 15) is 39.0 Å². The number of carbonyl (C=O) groups excluding carboxylic acids is 3. The van der Waals surface area contributed by atoms with Crippen LogP contribution in [0.4, 0.5) is 15.8 Å². The fourth-order valence-electron chi connectivity index (χ4n) is 3.21. The van der Waals surface area contributed by atoms with E-state index in [2.05, 4.69) is 9.47 Å². The molecular weight excluding hydrogens is 483 g/mol. The molecule has 2 aromatic rings. The van der Waals surface area contributed by atoms with E-state index in [0.29, 0.717) is 24.0 Å². The van der Waals surface area contributed by atoms with Crippen molar-refractivity contribution < 1.29 is 42.8 Å². The summed E-state index contributed by atoms with van der Waals surface area (Å²) in [6.07, 6.45) is 1.08. The molecule has 0 radical (unpaired) electrons. The van der Waals surface area contributed by atoms with Crippen molar-refractivity contribution in [1.82, 2.24) is 0 Å². The van der Waals surface area contributed by atoms with E-state index < -0.39 is 38.9 Å². The van der Waals surface area contributed by atoms with Gasteiger partial charge in [0.2, 0.25) is 5.82 Å². The minimum Gasteiger partial charge on any atom is -0.472 e. The molecule has 0 saturated heterocycles. The first-order valence-corrected chi connectivity index (χ1v) is 10.4. The van der Waals surface area contributed by atoms with Crippen molar-refractivity contribution in [1.29, 1.82) is 0 Å². The van der Waals surface area contributed by atoms with Crippen LogP contribution in [0.15, 0.2) is 24.3 Å². The van der Waals surface area contributed by atoms with E-state index in [-0.39, 0.29) is 28.3 Å². The second kappa shape index (κ2) is 10.9. The highest BCUT2D eigenvalue weighted by Gasteiger charge is 2.51. The number of aryl methyl sites for hydroxylation is 2. The average molecular weight is 506 g/mol. The Hall–Kier alpha value is -4.42. The van der Waals surface area contributed by atoms with Crippen LogP contribution < -0.4 is 4.74 Å². The molecule has 0 amide bonds. The first-order valence-electron chi connectivity index (χ1n) is 10.4. The van der Waals surface area contributed by atoms with Crippen molar-refractivity contribution in [3.05, 3.63) is 72.6 Å². The Morgan fingerprint density at radius 3 is 1.69 bits per heavy atom. The topological polar surface area (TPSA) is 165 Å². The number of nitro groups is 2. The van der Waals surface area contributed by atoms with Crippen molar-refractivity contribution in [3.8, 4) is 5.75 Å². The van der Waals surface area contributed by atoms with E-state index in [4.69, 9.17) is 4.74 Å². The molecule has 1 saturated carbocycles. The molecule has 0 atom stereocenters. The van der Waals surface area contributed by atoms with Crippen LogP contribution in [0.3, 0.4) is 0 Å². The van der Waals surface area contributed by atoms with Crippen LogP contribution in [0.5, 0.6) is 5.75 Å². The van der Waals surface area contributed by atoms with Gasteiger partial charge in [0.15, 0.2) is 17.1 Å². The largest absolute Gasteiger partial charge is 0.472 e. The summed E-state index contributed by atoms with van der Waals surface area (Å²) in [6, 6.07) is 4.32. The number of ketones is 1. The summed E-state index contributed by atoms with van der Waals surface area (Å²) in [5, 5.41) is 21.6. The number of benzene rings is 2. The monoisotopic (exact) mass is 506 g/mol. The fraction of sp³-hybridized carbons (Fsp3) is 0.348. The Balaban J connectivity index is 0.000000269. The van der Waals surface area contributed by atoms with Gasteiger partial charge in [-0.1, -0.05) is 0 Å². The molecule has 0 spiro atoms. The fourth-order valence-corrected chi connectivity index (χ4v) is 3.21. The number of ether oxygens (including phenoxy) is 3. The molecule has 0 N–H and O–H groups in total. The third-order valence-electron chi connectivity index (χ3n) is 5.45. The number of hydrogen-bond donors (Lipinski definition) is 0.